The van der Waals surface area contributed by atoms with Gasteiger partial charge in [0, 0.05) is 18.0 Å². The van der Waals surface area contributed by atoms with Crippen LogP contribution in [-0.2, 0) is 24.2 Å². The monoisotopic (exact) mass is 329 g/mol. The van der Waals surface area contributed by atoms with Crippen LogP contribution in [0.2, 0.25) is 0 Å². The summed E-state index contributed by atoms with van der Waals surface area (Å²) in [5.41, 5.74) is 1.46. The molecule has 4 rings (SSSR count). The van der Waals surface area contributed by atoms with Crippen molar-refractivity contribution in [3.63, 3.8) is 0 Å². The largest absolute Gasteiger partial charge is 0.467 e. The lowest BCUT2D eigenvalue weighted by molar-refractivity contribution is 0.106. The Balaban J connectivity index is 1.32. The number of furan rings is 1. The van der Waals surface area contributed by atoms with Gasteiger partial charge in [-0.2, -0.15) is 0 Å². The van der Waals surface area contributed by atoms with Crippen molar-refractivity contribution in [2.75, 3.05) is 18.5 Å². The zero-order valence-electron chi connectivity index (χ0n) is 12.9. The Morgan fingerprint density at radius 1 is 1.30 bits per heavy atom. The molecule has 0 saturated heterocycles. The maximum Gasteiger partial charge on any atom is 0.138 e. The summed E-state index contributed by atoms with van der Waals surface area (Å²) < 4.78 is 10.8. The molecule has 3 aromatic heterocycles. The van der Waals surface area contributed by atoms with Crippen molar-refractivity contribution < 1.29 is 9.15 Å². The standard InChI is InChI=1S/C17H19N3O2S/c1-5-13-14(6-1)23-17-15(13)16(19-11-20-17)18-7-3-8-21-10-12-4-2-9-22-12/h2,4,9,11H,1,3,5-8,10H2,(H,18,19,20). The maximum absolute atomic E-state index is 5.60. The average Bonchev–Trinajstić information content (AvgIpc) is 3.27. The van der Waals surface area contributed by atoms with Crippen LogP contribution >= 0.6 is 11.3 Å². The van der Waals surface area contributed by atoms with Crippen LogP contribution in [0.1, 0.15) is 29.0 Å². The van der Waals surface area contributed by atoms with Crippen LogP contribution < -0.4 is 5.32 Å². The van der Waals surface area contributed by atoms with Gasteiger partial charge in [-0.25, -0.2) is 9.97 Å². The zero-order valence-corrected chi connectivity index (χ0v) is 13.7. The highest BCUT2D eigenvalue weighted by Crippen LogP contribution is 2.38. The first-order valence-electron chi connectivity index (χ1n) is 8.01. The van der Waals surface area contributed by atoms with Crippen molar-refractivity contribution in [3.8, 4) is 0 Å². The number of aromatic nitrogens is 2. The molecule has 0 fully saturated rings. The number of rotatable bonds is 7. The van der Waals surface area contributed by atoms with E-state index in [1.54, 1.807) is 12.6 Å². The number of hydrogen-bond acceptors (Lipinski definition) is 6. The summed E-state index contributed by atoms with van der Waals surface area (Å²) in [6.07, 6.45) is 7.86. The third-order valence-corrected chi connectivity index (χ3v) is 5.28. The van der Waals surface area contributed by atoms with E-state index in [1.807, 2.05) is 23.5 Å². The Kier molecular flexibility index (Phi) is 4.26. The number of nitrogens with zero attached hydrogens (tertiary/aromatic N) is 2. The van der Waals surface area contributed by atoms with E-state index in [2.05, 4.69) is 15.3 Å². The van der Waals surface area contributed by atoms with Crippen molar-refractivity contribution >= 4 is 27.4 Å². The number of thiophene rings is 1. The molecule has 5 nitrogen and oxygen atoms in total. The van der Waals surface area contributed by atoms with Crippen molar-refractivity contribution in [1.29, 1.82) is 0 Å². The molecule has 0 aromatic carbocycles. The number of aryl methyl sites for hydroxylation is 2. The normalized spacial score (nSPS) is 13.6. The van der Waals surface area contributed by atoms with Gasteiger partial charge in [0.05, 0.1) is 11.6 Å². The Bertz CT molecular complexity index is 783. The fraction of sp³-hybridized carbons (Fsp3) is 0.412. The van der Waals surface area contributed by atoms with Gasteiger partial charge in [0.15, 0.2) is 0 Å². The quantitative estimate of drug-likeness (QED) is 0.668. The fourth-order valence-electron chi connectivity index (χ4n) is 3.01. The maximum atomic E-state index is 5.60. The highest BCUT2D eigenvalue weighted by molar-refractivity contribution is 7.19. The van der Waals surface area contributed by atoms with Gasteiger partial charge in [0.2, 0.25) is 0 Å². The summed E-state index contributed by atoms with van der Waals surface area (Å²) in [5.74, 6) is 1.84. The van der Waals surface area contributed by atoms with Gasteiger partial charge >= 0.3 is 0 Å². The topological polar surface area (TPSA) is 60.2 Å². The fourth-order valence-corrected chi connectivity index (χ4v) is 4.24. The summed E-state index contributed by atoms with van der Waals surface area (Å²) in [6.45, 7) is 2.07. The second-order valence-corrected chi connectivity index (χ2v) is 6.76. The van der Waals surface area contributed by atoms with Gasteiger partial charge in [0.25, 0.3) is 0 Å². The summed E-state index contributed by atoms with van der Waals surface area (Å²) in [5, 5.41) is 4.69. The third kappa shape index (κ3) is 3.09. The van der Waals surface area contributed by atoms with E-state index < -0.39 is 0 Å². The molecule has 0 saturated carbocycles. The first-order valence-corrected chi connectivity index (χ1v) is 8.83. The van der Waals surface area contributed by atoms with Crippen LogP contribution in [0.15, 0.2) is 29.1 Å². The molecule has 0 radical (unpaired) electrons. The predicted molar refractivity (Wildman–Crippen MR) is 90.9 cm³/mol. The Morgan fingerprint density at radius 3 is 3.22 bits per heavy atom. The Labute approximate surface area is 138 Å². The van der Waals surface area contributed by atoms with Crippen molar-refractivity contribution in [1.82, 2.24) is 9.97 Å². The SMILES string of the molecule is c1coc(COCCCNc2ncnc3sc4c(c23)CCC4)c1. The van der Waals surface area contributed by atoms with Crippen LogP contribution in [0.25, 0.3) is 10.2 Å². The average molecular weight is 329 g/mol. The van der Waals surface area contributed by atoms with E-state index in [-0.39, 0.29) is 0 Å². The first kappa shape index (κ1) is 14.7. The highest BCUT2D eigenvalue weighted by Gasteiger charge is 2.20. The molecule has 1 aliphatic rings. The molecule has 6 heteroatoms. The molecule has 0 spiro atoms. The van der Waals surface area contributed by atoms with Gasteiger partial charge in [-0.3, -0.25) is 0 Å². The number of hydrogen-bond donors (Lipinski definition) is 1. The Morgan fingerprint density at radius 2 is 2.30 bits per heavy atom. The van der Waals surface area contributed by atoms with Crippen LogP contribution in [-0.4, -0.2) is 23.1 Å². The van der Waals surface area contributed by atoms with Crippen LogP contribution in [0.3, 0.4) is 0 Å². The van der Waals surface area contributed by atoms with Crippen molar-refractivity contribution in [2.24, 2.45) is 0 Å². The van der Waals surface area contributed by atoms with Crippen LogP contribution in [0, 0.1) is 0 Å². The van der Waals surface area contributed by atoms with E-state index in [0.717, 1.165) is 35.8 Å². The molecule has 1 aliphatic carbocycles. The molecule has 1 N–H and O–H groups in total. The highest BCUT2D eigenvalue weighted by atomic mass is 32.1. The lowest BCUT2D eigenvalue weighted by atomic mass is 10.2. The molecular weight excluding hydrogens is 310 g/mol. The van der Waals surface area contributed by atoms with Crippen LogP contribution in [0.4, 0.5) is 5.82 Å². The second-order valence-electron chi connectivity index (χ2n) is 5.67. The number of ether oxygens (including phenoxy) is 1. The van der Waals surface area contributed by atoms with Crippen molar-refractivity contribution in [2.45, 2.75) is 32.3 Å². The van der Waals surface area contributed by atoms with Gasteiger partial charge in [0.1, 0.15) is 29.3 Å². The van der Waals surface area contributed by atoms with Gasteiger partial charge in [-0.1, -0.05) is 0 Å². The van der Waals surface area contributed by atoms with Gasteiger partial charge < -0.3 is 14.5 Å². The predicted octanol–water partition coefficient (Wildman–Crippen LogP) is 3.79. The summed E-state index contributed by atoms with van der Waals surface area (Å²) in [4.78, 5) is 11.5. The molecule has 0 unspecified atom stereocenters. The summed E-state index contributed by atoms with van der Waals surface area (Å²) >= 11 is 1.82. The molecule has 3 aromatic rings. The van der Waals surface area contributed by atoms with Crippen molar-refractivity contribution in [3.05, 3.63) is 40.9 Å². The Hall–Kier alpha value is -1.92. The zero-order chi connectivity index (χ0) is 15.5. The molecular formula is C17H19N3O2S. The number of anilines is 1. The minimum Gasteiger partial charge on any atom is -0.467 e. The minimum atomic E-state index is 0.531. The lowest BCUT2D eigenvalue weighted by Gasteiger charge is -2.08. The molecule has 0 bridgehead atoms. The molecule has 23 heavy (non-hydrogen) atoms. The second kappa shape index (κ2) is 6.68. The van der Waals surface area contributed by atoms with Gasteiger partial charge in [-0.15, -0.1) is 11.3 Å². The van der Waals surface area contributed by atoms with E-state index in [1.165, 1.54) is 28.7 Å². The third-order valence-electron chi connectivity index (χ3n) is 4.08. The molecule has 0 amide bonds. The van der Waals surface area contributed by atoms with E-state index in [0.29, 0.717) is 13.2 Å². The molecule has 0 atom stereocenters. The lowest BCUT2D eigenvalue weighted by Crippen LogP contribution is -2.07. The number of fused-ring (bicyclic) bond motifs is 3. The van der Waals surface area contributed by atoms with E-state index in [9.17, 15) is 0 Å². The summed E-state index contributed by atoms with van der Waals surface area (Å²) in [7, 11) is 0. The molecule has 120 valence electrons. The molecule has 3 heterocycles. The van der Waals surface area contributed by atoms with E-state index >= 15 is 0 Å². The first-order chi connectivity index (χ1) is 11.4. The minimum absolute atomic E-state index is 0.531. The smallest absolute Gasteiger partial charge is 0.138 e. The van der Waals surface area contributed by atoms with Crippen LogP contribution in [0.5, 0.6) is 0 Å². The van der Waals surface area contributed by atoms with E-state index in [4.69, 9.17) is 9.15 Å². The number of nitrogens with one attached hydrogen (secondary N) is 1. The summed E-state index contributed by atoms with van der Waals surface area (Å²) in [6, 6.07) is 3.80. The van der Waals surface area contributed by atoms with Gasteiger partial charge in [-0.05, 0) is 43.4 Å². The molecule has 0 aliphatic heterocycles.